The van der Waals surface area contributed by atoms with E-state index in [1.807, 2.05) is 31.3 Å². The predicted octanol–water partition coefficient (Wildman–Crippen LogP) is 2.96. The van der Waals surface area contributed by atoms with Gasteiger partial charge in [-0.15, -0.1) is 0 Å². The van der Waals surface area contributed by atoms with Gasteiger partial charge >= 0.3 is 0 Å². The Morgan fingerprint density at radius 2 is 2.13 bits per heavy atom. The van der Waals surface area contributed by atoms with Gasteiger partial charge in [0, 0.05) is 11.6 Å². The molecule has 0 saturated carbocycles. The maximum absolute atomic E-state index is 5.89. The topological polar surface area (TPSA) is 21.3 Å². The Labute approximate surface area is 96.6 Å². The second-order valence-electron chi connectivity index (χ2n) is 3.92. The van der Waals surface area contributed by atoms with Crippen molar-refractivity contribution in [1.29, 1.82) is 0 Å². The molecular weight excluding hydrogens is 210 g/mol. The van der Waals surface area contributed by atoms with Crippen LogP contribution < -0.4 is 10.1 Å². The van der Waals surface area contributed by atoms with Crippen molar-refractivity contribution in [1.82, 2.24) is 5.32 Å². The maximum atomic E-state index is 5.89. The third kappa shape index (κ3) is 4.10. The van der Waals surface area contributed by atoms with Crippen LogP contribution in [0.1, 0.15) is 13.8 Å². The van der Waals surface area contributed by atoms with Gasteiger partial charge in [0.05, 0.1) is 0 Å². The lowest BCUT2D eigenvalue weighted by atomic mass is 10.1. The minimum Gasteiger partial charge on any atom is -0.489 e. The van der Waals surface area contributed by atoms with Crippen LogP contribution in [0.3, 0.4) is 0 Å². The molecule has 0 aliphatic rings. The lowest BCUT2D eigenvalue weighted by Gasteiger charge is -2.22. The summed E-state index contributed by atoms with van der Waals surface area (Å²) in [6, 6.07) is 7.51. The van der Waals surface area contributed by atoms with Gasteiger partial charge in [-0.25, -0.2) is 0 Å². The van der Waals surface area contributed by atoms with Crippen molar-refractivity contribution in [3.05, 3.63) is 29.3 Å². The molecule has 0 spiro atoms. The molecule has 0 radical (unpaired) electrons. The highest BCUT2D eigenvalue weighted by Gasteiger charge is 2.13. The van der Waals surface area contributed by atoms with Gasteiger partial charge in [0.2, 0.25) is 0 Å². The van der Waals surface area contributed by atoms with Crippen LogP contribution in [0.25, 0.3) is 0 Å². The molecule has 0 fully saturated rings. The molecule has 1 atom stereocenters. The average Bonchev–Trinajstić information content (AvgIpc) is 2.17. The van der Waals surface area contributed by atoms with Crippen molar-refractivity contribution in [3.8, 4) is 5.75 Å². The van der Waals surface area contributed by atoms with E-state index in [0.29, 0.717) is 10.9 Å². The Kier molecular flexibility index (Phi) is 4.92. The van der Waals surface area contributed by atoms with E-state index in [-0.39, 0.29) is 6.10 Å². The monoisotopic (exact) mass is 227 g/mol. The molecule has 0 saturated heterocycles. The van der Waals surface area contributed by atoms with E-state index in [1.165, 1.54) is 0 Å². The highest BCUT2D eigenvalue weighted by atomic mass is 35.5. The lowest BCUT2D eigenvalue weighted by Crippen LogP contribution is -2.33. The summed E-state index contributed by atoms with van der Waals surface area (Å²) in [5, 5.41) is 3.83. The molecule has 0 aromatic heterocycles. The van der Waals surface area contributed by atoms with Crippen LogP contribution in [0.15, 0.2) is 24.3 Å². The van der Waals surface area contributed by atoms with Crippen LogP contribution in [0.4, 0.5) is 0 Å². The van der Waals surface area contributed by atoms with Gasteiger partial charge in [0.1, 0.15) is 11.9 Å². The molecule has 1 rings (SSSR count). The van der Waals surface area contributed by atoms with Crippen LogP contribution in [0.5, 0.6) is 5.75 Å². The molecule has 84 valence electrons. The molecule has 3 heteroatoms. The van der Waals surface area contributed by atoms with E-state index in [2.05, 4.69) is 19.2 Å². The van der Waals surface area contributed by atoms with Crippen molar-refractivity contribution >= 4 is 11.6 Å². The molecule has 1 aromatic rings. The predicted molar refractivity (Wildman–Crippen MR) is 64.6 cm³/mol. The minimum absolute atomic E-state index is 0.175. The number of benzene rings is 1. The Balaban J connectivity index is 2.65. The standard InChI is InChI=1S/C12H18ClNO/c1-9(2)12(8-14-3)15-11-6-4-5-10(13)7-11/h4-7,9,12,14H,8H2,1-3H3. The first-order valence-electron chi connectivity index (χ1n) is 5.20. The number of ether oxygens (including phenoxy) is 1. The number of halogens is 1. The smallest absolute Gasteiger partial charge is 0.121 e. The van der Waals surface area contributed by atoms with Gasteiger partial charge in [0.15, 0.2) is 0 Å². The average molecular weight is 228 g/mol. The molecule has 2 nitrogen and oxygen atoms in total. The van der Waals surface area contributed by atoms with E-state index in [9.17, 15) is 0 Å². The second-order valence-corrected chi connectivity index (χ2v) is 4.35. The fourth-order valence-corrected chi connectivity index (χ4v) is 1.51. The summed E-state index contributed by atoms with van der Waals surface area (Å²) in [7, 11) is 1.93. The van der Waals surface area contributed by atoms with Crippen LogP contribution in [0.2, 0.25) is 5.02 Å². The second kappa shape index (κ2) is 5.99. The van der Waals surface area contributed by atoms with E-state index in [1.54, 1.807) is 0 Å². The van der Waals surface area contributed by atoms with Crippen molar-refractivity contribution in [3.63, 3.8) is 0 Å². The van der Waals surface area contributed by atoms with Crippen molar-refractivity contribution < 1.29 is 4.74 Å². The highest BCUT2D eigenvalue weighted by molar-refractivity contribution is 6.30. The molecule has 1 N–H and O–H groups in total. The molecule has 0 aliphatic carbocycles. The fraction of sp³-hybridized carbons (Fsp3) is 0.500. The molecule has 0 heterocycles. The van der Waals surface area contributed by atoms with E-state index in [0.717, 1.165) is 12.3 Å². The first-order chi connectivity index (χ1) is 7.13. The normalized spacial score (nSPS) is 12.9. The summed E-state index contributed by atoms with van der Waals surface area (Å²) < 4.78 is 5.85. The molecule has 1 unspecified atom stereocenters. The van der Waals surface area contributed by atoms with Gasteiger partial charge in [-0.2, -0.15) is 0 Å². The SMILES string of the molecule is CNCC(Oc1cccc(Cl)c1)C(C)C. The third-order valence-corrected chi connectivity index (χ3v) is 2.47. The summed E-state index contributed by atoms with van der Waals surface area (Å²) in [6.45, 7) is 5.13. The largest absolute Gasteiger partial charge is 0.489 e. The summed E-state index contributed by atoms with van der Waals surface area (Å²) in [5.41, 5.74) is 0. The Bertz CT molecular complexity index is 301. The zero-order chi connectivity index (χ0) is 11.3. The van der Waals surface area contributed by atoms with Gasteiger partial charge in [-0.05, 0) is 31.2 Å². The van der Waals surface area contributed by atoms with Gasteiger partial charge in [-0.3, -0.25) is 0 Å². The minimum atomic E-state index is 0.175. The number of hydrogen-bond donors (Lipinski definition) is 1. The van der Waals surface area contributed by atoms with Crippen LogP contribution in [-0.4, -0.2) is 19.7 Å². The molecule has 1 aromatic carbocycles. The Morgan fingerprint density at radius 3 is 2.67 bits per heavy atom. The quantitative estimate of drug-likeness (QED) is 0.835. The van der Waals surface area contributed by atoms with Crippen LogP contribution in [0, 0.1) is 5.92 Å². The van der Waals surface area contributed by atoms with Crippen LogP contribution >= 0.6 is 11.6 Å². The molecule has 0 bridgehead atoms. The number of likely N-dealkylation sites (N-methyl/N-ethyl adjacent to an activating group) is 1. The van der Waals surface area contributed by atoms with Crippen LogP contribution in [-0.2, 0) is 0 Å². The highest BCUT2D eigenvalue weighted by Crippen LogP contribution is 2.20. The summed E-state index contributed by atoms with van der Waals surface area (Å²) in [5.74, 6) is 1.30. The van der Waals surface area contributed by atoms with Crippen molar-refractivity contribution in [2.45, 2.75) is 20.0 Å². The van der Waals surface area contributed by atoms with Gasteiger partial charge in [0.25, 0.3) is 0 Å². The lowest BCUT2D eigenvalue weighted by molar-refractivity contribution is 0.151. The van der Waals surface area contributed by atoms with Crippen molar-refractivity contribution in [2.75, 3.05) is 13.6 Å². The number of rotatable bonds is 5. The Morgan fingerprint density at radius 1 is 1.40 bits per heavy atom. The molecule has 15 heavy (non-hydrogen) atoms. The van der Waals surface area contributed by atoms with E-state index in [4.69, 9.17) is 16.3 Å². The Hall–Kier alpha value is -0.730. The van der Waals surface area contributed by atoms with Gasteiger partial charge < -0.3 is 10.1 Å². The zero-order valence-corrected chi connectivity index (χ0v) is 10.2. The third-order valence-electron chi connectivity index (χ3n) is 2.23. The van der Waals surface area contributed by atoms with E-state index >= 15 is 0 Å². The van der Waals surface area contributed by atoms with Gasteiger partial charge in [-0.1, -0.05) is 31.5 Å². The summed E-state index contributed by atoms with van der Waals surface area (Å²) >= 11 is 5.89. The van der Waals surface area contributed by atoms with Crippen molar-refractivity contribution in [2.24, 2.45) is 5.92 Å². The fourth-order valence-electron chi connectivity index (χ4n) is 1.33. The number of hydrogen-bond acceptors (Lipinski definition) is 2. The molecular formula is C12H18ClNO. The molecule has 0 amide bonds. The zero-order valence-electron chi connectivity index (χ0n) is 9.46. The first kappa shape index (κ1) is 12.3. The molecule has 0 aliphatic heterocycles. The maximum Gasteiger partial charge on any atom is 0.121 e. The van der Waals surface area contributed by atoms with E-state index < -0.39 is 0 Å². The summed E-state index contributed by atoms with van der Waals surface area (Å²) in [6.07, 6.45) is 0.175. The first-order valence-corrected chi connectivity index (χ1v) is 5.58. The summed E-state index contributed by atoms with van der Waals surface area (Å²) in [4.78, 5) is 0. The number of nitrogens with one attached hydrogen (secondary N) is 1.